The summed E-state index contributed by atoms with van der Waals surface area (Å²) in [6.07, 6.45) is 0.744. The fraction of sp³-hybridized carbons (Fsp3) is 0.357. The number of hydrogen-bond acceptors (Lipinski definition) is 3. The molecule has 0 fully saturated rings. The van der Waals surface area contributed by atoms with Gasteiger partial charge in [0, 0.05) is 16.5 Å². The predicted molar refractivity (Wildman–Crippen MR) is 70.3 cm³/mol. The Balaban J connectivity index is 2.53. The molecule has 0 amide bonds. The minimum atomic E-state index is -0.266. The van der Waals surface area contributed by atoms with Crippen molar-refractivity contribution >= 4 is 10.9 Å². The average molecular weight is 230 g/mol. The highest BCUT2D eigenvalue weighted by Gasteiger charge is 2.16. The van der Waals surface area contributed by atoms with E-state index in [9.17, 15) is 0 Å². The molecule has 17 heavy (non-hydrogen) atoms. The maximum absolute atomic E-state index is 6.05. The molecule has 0 aliphatic rings. The Morgan fingerprint density at radius 3 is 2.65 bits per heavy atom. The Morgan fingerprint density at radius 2 is 2.00 bits per heavy atom. The third-order valence-electron chi connectivity index (χ3n) is 2.60. The Kier molecular flexibility index (Phi) is 3.03. The minimum absolute atomic E-state index is 0.266. The van der Waals surface area contributed by atoms with E-state index in [0.29, 0.717) is 5.88 Å². The zero-order valence-electron chi connectivity index (χ0n) is 10.5. The van der Waals surface area contributed by atoms with Crippen molar-refractivity contribution in [1.82, 2.24) is 4.98 Å². The minimum Gasteiger partial charge on any atom is -0.481 e. The first-order valence-corrected chi connectivity index (χ1v) is 5.71. The number of ether oxygens (including phenoxy) is 1. The van der Waals surface area contributed by atoms with Crippen LogP contribution in [0, 0.1) is 0 Å². The summed E-state index contributed by atoms with van der Waals surface area (Å²) in [6.45, 7) is 4.00. The van der Waals surface area contributed by atoms with Gasteiger partial charge in [-0.2, -0.15) is 0 Å². The van der Waals surface area contributed by atoms with Crippen LogP contribution >= 0.6 is 0 Å². The van der Waals surface area contributed by atoms with E-state index in [1.54, 1.807) is 7.11 Å². The van der Waals surface area contributed by atoms with E-state index in [1.807, 2.05) is 32.0 Å². The second-order valence-electron chi connectivity index (χ2n) is 5.01. The average Bonchev–Trinajstić information content (AvgIpc) is 2.26. The molecular weight excluding hydrogens is 212 g/mol. The van der Waals surface area contributed by atoms with Gasteiger partial charge in [-0.1, -0.05) is 18.2 Å². The van der Waals surface area contributed by atoms with Crippen LogP contribution in [-0.4, -0.2) is 17.6 Å². The van der Waals surface area contributed by atoms with E-state index < -0.39 is 0 Å². The van der Waals surface area contributed by atoms with E-state index in [4.69, 9.17) is 10.5 Å². The molecule has 1 aromatic carbocycles. The maximum atomic E-state index is 6.05. The van der Waals surface area contributed by atoms with Gasteiger partial charge in [0.2, 0.25) is 5.88 Å². The van der Waals surface area contributed by atoms with Crippen LogP contribution in [0.25, 0.3) is 10.9 Å². The Bertz CT molecular complexity index is 529. The van der Waals surface area contributed by atoms with Crippen LogP contribution in [0.2, 0.25) is 0 Å². The molecule has 1 aromatic heterocycles. The number of nitrogens with zero attached hydrogens (tertiary/aromatic N) is 1. The fourth-order valence-corrected chi connectivity index (χ4v) is 1.94. The van der Waals surface area contributed by atoms with Crippen molar-refractivity contribution in [2.45, 2.75) is 25.8 Å². The van der Waals surface area contributed by atoms with Crippen LogP contribution in [0.1, 0.15) is 19.4 Å². The standard InChI is InChI=1S/C14H18N2O/c1-14(2,15)9-11-8-10-6-4-5-7-12(10)16-13(11)17-3/h4-8H,9,15H2,1-3H3. The van der Waals surface area contributed by atoms with Crippen molar-refractivity contribution in [1.29, 1.82) is 0 Å². The molecule has 0 aliphatic carbocycles. The van der Waals surface area contributed by atoms with Gasteiger partial charge in [-0.3, -0.25) is 0 Å². The monoisotopic (exact) mass is 230 g/mol. The molecule has 3 nitrogen and oxygen atoms in total. The summed E-state index contributed by atoms with van der Waals surface area (Å²) in [5.74, 6) is 0.669. The third-order valence-corrected chi connectivity index (χ3v) is 2.60. The van der Waals surface area contributed by atoms with Crippen LogP contribution in [0.5, 0.6) is 5.88 Å². The van der Waals surface area contributed by atoms with Gasteiger partial charge < -0.3 is 10.5 Å². The third kappa shape index (κ3) is 2.74. The number of hydrogen-bond donors (Lipinski definition) is 1. The van der Waals surface area contributed by atoms with Crippen LogP contribution < -0.4 is 10.5 Å². The molecule has 90 valence electrons. The Hall–Kier alpha value is -1.61. The normalized spacial score (nSPS) is 11.8. The van der Waals surface area contributed by atoms with Gasteiger partial charge in [0.1, 0.15) is 0 Å². The van der Waals surface area contributed by atoms with Crippen molar-refractivity contribution in [2.24, 2.45) is 5.73 Å². The van der Waals surface area contributed by atoms with Crippen LogP contribution in [-0.2, 0) is 6.42 Å². The van der Waals surface area contributed by atoms with Crippen molar-refractivity contribution < 1.29 is 4.74 Å². The molecule has 0 bridgehead atoms. The van der Waals surface area contributed by atoms with Crippen LogP contribution in [0.4, 0.5) is 0 Å². The lowest BCUT2D eigenvalue weighted by Gasteiger charge is -2.20. The molecular formula is C14H18N2O. The van der Waals surface area contributed by atoms with Gasteiger partial charge >= 0.3 is 0 Å². The summed E-state index contributed by atoms with van der Waals surface area (Å²) in [6, 6.07) is 10.1. The molecule has 0 radical (unpaired) electrons. The summed E-state index contributed by atoms with van der Waals surface area (Å²) in [5.41, 5.74) is 7.79. The topological polar surface area (TPSA) is 48.1 Å². The molecule has 0 saturated carbocycles. The molecule has 3 heteroatoms. The molecule has 1 heterocycles. The lowest BCUT2D eigenvalue weighted by molar-refractivity contribution is 0.387. The van der Waals surface area contributed by atoms with Crippen molar-refractivity contribution in [3.8, 4) is 5.88 Å². The molecule has 2 N–H and O–H groups in total. The number of rotatable bonds is 3. The van der Waals surface area contributed by atoms with Gasteiger partial charge in [-0.25, -0.2) is 4.98 Å². The Labute approximate surface area is 102 Å². The molecule has 0 saturated heterocycles. The number of fused-ring (bicyclic) bond motifs is 1. The van der Waals surface area contributed by atoms with E-state index in [2.05, 4.69) is 17.1 Å². The van der Waals surface area contributed by atoms with Gasteiger partial charge in [0.05, 0.1) is 12.6 Å². The van der Waals surface area contributed by atoms with Crippen LogP contribution in [0.15, 0.2) is 30.3 Å². The number of nitrogens with two attached hydrogens (primary N) is 1. The quantitative estimate of drug-likeness (QED) is 0.881. The first kappa shape index (κ1) is 11.9. The highest BCUT2D eigenvalue weighted by atomic mass is 16.5. The largest absolute Gasteiger partial charge is 0.481 e. The molecule has 2 rings (SSSR count). The molecule has 0 spiro atoms. The zero-order chi connectivity index (χ0) is 12.5. The van der Waals surface area contributed by atoms with Gasteiger partial charge in [-0.05, 0) is 32.4 Å². The lowest BCUT2D eigenvalue weighted by atomic mass is 9.96. The van der Waals surface area contributed by atoms with Gasteiger partial charge in [0.25, 0.3) is 0 Å². The Morgan fingerprint density at radius 1 is 1.29 bits per heavy atom. The van der Waals surface area contributed by atoms with Crippen molar-refractivity contribution in [2.75, 3.05) is 7.11 Å². The molecule has 0 unspecified atom stereocenters. The second-order valence-corrected chi connectivity index (χ2v) is 5.01. The van der Waals surface area contributed by atoms with E-state index in [0.717, 1.165) is 22.9 Å². The molecule has 0 aliphatic heterocycles. The van der Waals surface area contributed by atoms with E-state index in [1.165, 1.54) is 0 Å². The summed E-state index contributed by atoms with van der Waals surface area (Å²) in [7, 11) is 1.64. The fourth-order valence-electron chi connectivity index (χ4n) is 1.94. The first-order chi connectivity index (χ1) is 7.99. The smallest absolute Gasteiger partial charge is 0.216 e. The predicted octanol–water partition coefficient (Wildman–Crippen LogP) is 2.52. The number of methoxy groups -OCH3 is 1. The number of benzene rings is 1. The SMILES string of the molecule is COc1nc2ccccc2cc1CC(C)(C)N. The van der Waals surface area contributed by atoms with Crippen molar-refractivity contribution in [3.05, 3.63) is 35.9 Å². The van der Waals surface area contributed by atoms with E-state index in [-0.39, 0.29) is 5.54 Å². The summed E-state index contributed by atoms with van der Waals surface area (Å²) in [4.78, 5) is 4.50. The second kappa shape index (κ2) is 4.34. The lowest BCUT2D eigenvalue weighted by Crippen LogP contribution is -2.34. The van der Waals surface area contributed by atoms with Gasteiger partial charge in [0.15, 0.2) is 0 Å². The highest BCUT2D eigenvalue weighted by Crippen LogP contribution is 2.24. The molecule has 0 atom stereocenters. The maximum Gasteiger partial charge on any atom is 0.216 e. The van der Waals surface area contributed by atoms with Crippen molar-refractivity contribution in [3.63, 3.8) is 0 Å². The zero-order valence-corrected chi connectivity index (χ0v) is 10.5. The molecule has 2 aromatic rings. The number of para-hydroxylation sites is 1. The first-order valence-electron chi connectivity index (χ1n) is 5.71. The van der Waals surface area contributed by atoms with Gasteiger partial charge in [-0.15, -0.1) is 0 Å². The summed E-state index contributed by atoms with van der Waals surface area (Å²) in [5, 5.41) is 1.12. The van der Waals surface area contributed by atoms with Crippen LogP contribution in [0.3, 0.4) is 0 Å². The highest BCUT2D eigenvalue weighted by molar-refractivity contribution is 5.80. The summed E-state index contributed by atoms with van der Waals surface area (Å²) < 4.78 is 5.33. The van der Waals surface area contributed by atoms with E-state index >= 15 is 0 Å². The number of aromatic nitrogens is 1. The number of pyridine rings is 1. The summed E-state index contributed by atoms with van der Waals surface area (Å²) >= 11 is 0.